The minimum absolute atomic E-state index is 0.398. The number of aromatic nitrogens is 2. The molecular formula is C15H22N4O. The Hall–Kier alpha value is -1.59. The molecule has 0 atom stereocenters. The third-order valence-corrected chi connectivity index (χ3v) is 3.94. The highest BCUT2D eigenvalue weighted by Crippen LogP contribution is 2.25. The van der Waals surface area contributed by atoms with Crippen LogP contribution in [0.3, 0.4) is 0 Å². The molecule has 5 heteroatoms. The fraction of sp³-hybridized carbons (Fsp3) is 0.533. The molecule has 1 aliphatic rings. The Bertz CT molecular complexity index is 572. The number of nitrogens with zero attached hydrogens (tertiary/aromatic N) is 3. The Morgan fingerprint density at radius 1 is 1.35 bits per heavy atom. The summed E-state index contributed by atoms with van der Waals surface area (Å²) in [6, 6.07) is 6.04. The molecule has 0 bridgehead atoms. The van der Waals surface area contributed by atoms with Crippen molar-refractivity contribution in [3.63, 3.8) is 0 Å². The number of pyridine rings is 1. The lowest BCUT2D eigenvalue weighted by Crippen LogP contribution is -2.37. The maximum atomic E-state index is 5.93. The van der Waals surface area contributed by atoms with E-state index >= 15 is 0 Å². The quantitative estimate of drug-likeness (QED) is 0.923. The van der Waals surface area contributed by atoms with E-state index in [2.05, 4.69) is 16.2 Å². The molecule has 0 aromatic carbocycles. The Kier molecular flexibility index (Phi) is 3.89. The first-order valence-electron chi connectivity index (χ1n) is 7.36. The maximum absolute atomic E-state index is 5.93. The molecule has 0 amide bonds. The van der Waals surface area contributed by atoms with Crippen molar-refractivity contribution in [3.8, 4) is 0 Å². The number of fused-ring (bicyclic) bond motifs is 1. The molecule has 2 aromatic heterocycles. The number of nitrogens with two attached hydrogens (primary N) is 1. The molecule has 3 heterocycles. The van der Waals surface area contributed by atoms with Crippen molar-refractivity contribution in [2.45, 2.75) is 32.4 Å². The summed E-state index contributed by atoms with van der Waals surface area (Å²) in [5, 5.41) is 0. The molecule has 2 aromatic rings. The van der Waals surface area contributed by atoms with E-state index in [1.807, 2.05) is 24.4 Å². The van der Waals surface area contributed by atoms with Gasteiger partial charge in [-0.2, -0.15) is 0 Å². The zero-order valence-electron chi connectivity index (χ0n) is 12.0. The second-order valence-electron chi connectivity index (χ2n) is 5.16. The second kappa shape index (κ2) is 5.81. The van der Waals surface area contributed by atoms with Crippen LogP contribution in [-0.4, -0.2) is 35.2 Å². The molecule has 0 unspecified atom stereocenters. The number of piperidine rings is 1. The molecule has 0 aliphatic carbocycles. The third kappa shape index (κ3) is 2.39. The van der Waals surface area contributed by atoms with Gasteiger partial charge in [-0.15, -0.1) is 0 Å². The smallest absolute Gasteiger partial charge is 0.152 e. The van der Waals surface area contributed by atoms with E-state index in [1.165, 1.54) is 0 Å². The van der Waals surface area contributed by atoms with Gasteiger partial charge < -0.3 is 19.8 Å². The zero-order valence-corrected chi connectivity index (χ0v) is 12.0. The number of imidazole rings is 1. The fourth-order valence-corrected chi connectivity index (χ4v) is 2.95. The molecule has 0 saturated carbocycles. The van der Waals surface area contributed by atoms with Crippen LogP contribution in [0.4, 0.5) is 5.82 Å². The van der Waals surface area contributed by atoms with Crippen molar-refractivity contribution in [3.05, 3.63) is 30.1 Å². The van der Waals surface area contributed by atoms with Crippen molar-refractivity contribution in [1.29, 1.82) is 0 Å². The largest absolute Gasteiger partial charge is 0.378 e. The number of rotatable bonds is 4. The highest BCUT2D eigenvalue weighted by atomic mass is 16.5. The number of ether oxygens (including phenoxy) is 1. The normalized spacial score (nSPS) is 17.0. The van der Waals surface area contributed by atoms with Gasteiger partial charge in [-0.05, 0) is 31.9 Å². The van der Waals surface area contributed by atoms with Gasteiger partial charge in [-0.1, -0.05) is 6.07 Å². The van der Waals surface area contributed by atoms with Gasteiger partial charge in [-0.25, -0.2) is 4.98 Å². The van der Waals surface area contributed by atoms with E-state index < -0.39 is 0 Å². The zero-order chi connectivity index (χ0) is 13.9. The van der Waals surface area contributed by atoms with Crippen molar-refractivity contribution in [2.24, 2.45) is 5.73 Å². The van der Waals surface area contributed by atoms with Crippen molar-refractivity contribution in [2.75, 3.05) is 24.6 Å². The molecule has 1 fully saturated rings. The van der Waals surface area contributed by atoms with Gasteiger partial charge in [0.2, 0.25) is 0 Å². The average molecular weight is 274 g/mol. The summed E-state index contributed by atoms with van der Waals surface area (Å²) >= 11 is 0. The first kappa shape index (κ1) is 13.4. The van der Waals surface area contributed by atoms with E-state index in [9.17, 15) is 0 Å². The van der Waals surface area contributed by atoms with Crippen LogP contribution >= 0.6 is 0 Å². The molecule has 0 spiro atoms. The molecular weight excluding hydrogens is 252 g/mol. The van der Waals surface area contributed by atoms with E-state index in [1.54, 1.807) is 0 Å². The van der Waals surface area contributed by atoms with Gasteiger partial charge in [0.15, 0.2) is 5.82 Å². The van der Waals surface area contributed by atoms with Gasteiger partial charge in [-0.3, -0.25) is 0 Å². The highest BCUT2D eigenvalue weighted by Gasteiger charge is 2.23. The molecule has 1 aliphatic heterocycles. The minimum atomic E-state index is 0.398. The van der Waals surface area contributed by atoms with Gasteiger partial charge >= 0.3 is 0 Å². The van der Waals surface area contributed by atoms with Crippen LogP contribution in [-0.2, 0) is 11.3 Å². The second-order valence-corrected chi connectivity index (χ2v) is 5.16. The Balaban J connectivity index is 1.84. The maximum Gasteiger partial charge on any atom is 0.152 e. The number of anilines is 1. The third-order valence-electron chi connectivity index (χ3n) is 3.94. The first-order chi connectivity index (χ1) is 9.83. The summed E-state index contributed by atoms with van der Waals surface area (Å²) in [5.41, 5.74) is 7.99. The summed E-state index contributed by atoms with van der Waals surface area (Å²) in [7, 11) is 0. The Labute approximate surface area is 119 Å². The van der Waals surface area contributed by atoms with Gasteiger partial charge in [0.05, 0.1) is 11.8 Å². The van der Waals surface area contributed by atoms with Gasteiger partial charge in [0, 0.05) is 32.4 Å². The Morgan fingerprint density at radius 3 is 2.85 bits per heavy atom. The topological polar surface area (TPSA) is 55.8 Å². The molecule has 108 valence electrons. The van der Waals surface area contributed by atoms with Crippen molar-refractivity contribution >= 4 is 11.5 Å². The van der Waals surface area contributed by atoms with Crippen LogP contribution in [0.25, 0.3) is 5.65 Å². The lowest BCUT2D eigenvalue weighted by atomic mass is 10.1. The number of hydrogen-bond acceptors (Lipinski definition) is 4. The lowest BCUT2D eigenvalue weighted by molar-refractivity contribution is 0.0458. The standard InChI is InChI=1S/C15H22N4O/c1-2-20-12-6-9-18(10-7-12)15-13(11-16)19-8-4-3-5-14(19)17-15/h3-5,8,12H,2,6-7,9-11,16H2,1H3. The molecule has 2 N–H and O–H groups in total. The summed E-state index contributed by atoms with van der Waals surface area (Å²) in [6.07, 6.45) is 4.55. The van der Waals surface area contributed by atoms with Gasteiger partial charge in [0.25, 0.3) is 0 Å². The number of hydrogen-bond donors (Lipinski definition) is 1. The van der Waals surface area contributed by atoms with Crippen molar-refractivity contribution in [1.82, 2.24) is 9.38 Å². The van der Waals surface area contributed by atoms with Crippen LogP contribution in [0.1, 0.15) is 25.5 Å². The van der Waals surface area contributed by atoms with E-state index in [-0.39, 0.29) is 0 Å². The molecule has 0 radical (unpaired) electrons. The summed E-state index contributed by atoms with van der Waals surface area (Å²) in [5.74, 6) is 1.04. The van der Waals surface area contributed by atoms with Crippen LogP contribution in [0.5, 0.6) is 0 Å². The predicted molar refractivity (Wildman–Crippen MR) is 79.9 cm³/mol. The predicted octanol–water partition coefficient (Wildman–Crippen LogP) is 1.80. The fourth-order valence-electron chi connectivity index (χ4n) is 2.95. The van der Waals surface area contributed by atoms with E-state index in [4.69, 9.17) is 15.5 Å². The van der Waals surface area contributed by atoms with Crippen LogP contribution in [0.2, 0.25) is 0 Å². The van der Waals surface area contributed by atoms with Crippen molar-refractivity contribution < 1.29 is 4.74 Å². The van der Waals surface area contributed by atoms with Crippen LogP contribution < -0.4 is 10.6 Å². The summed E-state index contributed by atoms with van der Waals surface area (Å²) < 4.78 is 7.79. The van der Waals surface area contributed by atoms with Crippen LogP contribution in [0.15, 0.2) is 24.4 Å². The van der Waals surface area contributed by atoms with Gasteiger partial charge in [0.1, 0.15) is 5.65 Å². The van der Waals surface area contributed by atoms with E-state index in [0.29, 0.717) is 12.6 Å². The minimum Gasteiger partial charge on any atom is -0.378 e. The molecule has 1 saturated heterocycles. The van der Waals surface area contributed by atoms with E-state index in [0.717, 1.165) is 49.7 Å². The Morgan fingerprint density at radius 2 is 2.15 bits per heavy atom. The summed E-state index contributed by atoms with van der Waals surface area (Å²) in [4.78, 5) is 7.08. The SMILES string of the molecule is CCOC1CCN(c2nc3ccccn3c2CN)CC1. The molecule has 20 heavy (non-hydrogen) atoms. The first-order valence-corrected chi connectivity index (χ1v) is 7.36. The monoisotopic (exact) mass is 274 g/mol. The van der Waals surface area contributed by atoms with Crippen LogP contribution in [0, 0.1) is 0 Å². The summed E-state index contributed by atoms with van der Waals surface area (Å²) in [6.45, 7) is 5.34. The molecule has 5 nitrogen and oxygen atoms in total. The average Bonchev–Trinajstić information content (AvgIpc) is 2.87. The lowest BCUT2D eigenvalue weighted by Gasteiger charge is -2.32. The highest BCUT2D eigenvalue weighted by molar-refractivity contribution is 5.56. The molecule has 3 rings (SSSR count).